The van der Waals surface area contributed by atoms with Gasteiger partial charge in [0.05, 0.1) is 13.7 Å². The Hall–Kier alpha value is -1.85. The number of halogens is 2. The smallest absolute Gasteiger partial charge is 0.404 e. The van der Waals surface area contributed by atoms with E-state index in [1.165, 1.54) is 13.2 Å². The summed E-state index contributed by atoms with van der Waals surface area (Å²) in [5.41, 5.74) is 5.93. The van der Waals surface area contributed by atoms with Crippen molar-refractivity contribution in [2.75, 3.05) is 13.7 Å². The highest BCUT2D eigenvalue weighted by Gasteiger charge is 2.15. The summed E-state index contributed by atoms with van der Waals surface area (Å²) in [5, 5.41) is 0. The van der Waals surface area contributed by atoms with Gasteiger partial charge in [0, 0.05) is 12.0 Å². The van der Waals surface area contributed by atoms with Crippen LogP contribution in [0.1, 0.15) is 23.1 Å². The minimum atomic E-state index is -2.55. The van der Waals surface area contributed by atoms with Gasteiger partial charge in [-0.3, -0.25) is 0 Å². The number of amides is 1. The zero-order valence-electron chi connectivity index (χ0n) is 10.2. The predicted molar refractivity (Wildman–Crippen MR) is 61.9 cm³/mol. The molecule has 0 aromatic heterocycles. The largest absolute Gasteiger partial charge is 0.496 e. The molecule has 0 atom stereocenters. The van der Waals surface area contributed by atoms with Crippen LogP contribution >= 0.6 is 0 Å². The van der Waals surface area contributed by atoms with Crippen molar-refractivity contribution in [1.29, 1.82) is 0 Å². The number of ether oxygens (including phenoxy) is 2. The third kappa shape index (κ3) is 3.58. The normalized spacial score (nSPS) is 10.5. The summed E-state index contributed by atoms with van der Waals surface area (Å²) >= 11 is 0. The maximum Gasteiger partial charge on any atom is 0.404 e. The lowest BCUT2D eigenvalue weighted by atomic mass is 10.0. The van der Waals surface area contributed by atoms with Gasteiger partial charge in [-0.1, -0.05) is 6.07 Å². The molecule has 0 unspecified atom stereocenters. The van der Waals surface area contributed by atoms with Crippen LogP contribution in [0.3, 0.4) is 0 Å². The van der Waals surface area contributed by atoms with E-state index in [2.05, 4.69) is 4.74 Å². The highest BCUT2D eigenvalue weighted by Crippen LogP contribution is 2.30. The molecule has 1 aromatic carbocycles. The van der Waals surface area contributed by atoms with E-state index in [1.54, 1.807) is 13.0 Å². The summed E-state index contributed by atoms with van der Waals surface area (Å²) in [7, 11) is 1.40. The fraction of sp³-hybridized carbons (Fsp3) is 0.417. The number of rotatable bonds is 5. The second-order valence-corrected chi connectivity index (χ2v) is 3.74. The molecule has 1 amide bonds. The Morgan fingerprint density at radius 2 is 2.11 bits per heavy atom. The maximum atomic E-state index is 12.7. The highest BCUT2D eigenvalue weighted by atomic mass is 19.3. The molecule has 0 fully saturated rings. The summed E-state index contributed by atoms with van der Waals surface area (Å²) in [6.07, 6.45) is -3.05. The molecule has 0 spiro atoms. The summed E-state index contributed by atoms with van der Waals surface area (Å²) in [6.45, 7) is 1.68. The third-order valence-electron chi connectivity index (χ3n) is 2.52. The van der Waals surface area contributed by atoms with Gasteiger partial charge in [-0.25, -0.2) is 13.6 Å². The van der Waals surface area contributed by atoms with Gasteiger partial charge in [0.25, 0.3) is 6.43 Å². The highest BCUT2D eigenvalue weighted by molar-refractivity contribution is 5.64. The molecule has 18 heavy (non-hydrogen) atoms. The molecule has 1 rings (SSSR count). The first kappa shape index (κ1) is 14.2. The number of primary amides is 1. The van der Waals surface area contributed by atoms with Crippen LogP contribution in [0.2, 0.25) is 0 Å². The Morgan fingerprint density at radius 1 is 1.44 bits per heavy atom. The number of carbonyl (C=O) groups is 1. The van der Waals surface area contributed by atoms with Gasteiger partial charge in [-0.15, -0.1) is 0 Å². The van der Waals surface area contributed by atoms with Gasteiger partial charge in [0.1, 0.15) is 5.75 Å². The van der Waals surface area contributed by atoms with Crippen molar-refractivity contribution in [3.8, 4) is 5.75 Å². The number of alkyl halides is 2. The van der Waals surface area contributed by atoms with Crippen molar-refractivity contribution in [3.63, 3.8) is 0 Å². The fourth-order valence-corrected chi connectivity index (χ4v) is 1.65. The van der Waals surface area contributed by atoms with Crippen molar-refractivity contribution in [3.05, 3.63) is 28.8 Å². The molecule has 0 aliphatic rings. The zero-order chi connectivity index (χ0) is 13.7. The van der Waals surface area contributed by atoms with Crippen molar-refractivity contribution in [2.45, 2.75) is 19.8 Å². The second-order valence-electron chi connectivity index (χ2n) is 3.74. The van der Waals surface area contributed by atoms with E-state index in [4.69, 9.17) is 10.5 Å². The number of carbonyl (C=O) groups excluding carboxylic acids is 1. The second kappa shape index (κ2) is 6.18. The molecule has 100 valence electrons. The van der Waals surface area contributed by atoms with Gasteiger partial charge in [0.15, 0.2) is 0 Å². The quantitative estimate of drug-likeness (QED) is 0.884. The molecular formula is C12H15F2NO3. The van der Waals surface area contributed by atoms with E-state index in [0.717, 1.165) is 0 Å². The first-order valence-corrected chi connectivity index (χ1v) is 5.33. The molecule has 1 aromatic rings. The first-order valence-electron chi connectivity index (χ1n) is 5.33. The number of benzene rings is 1. The average molecular weight is 259 g/mol. The van der Waals surface area contributed by atoms with Crippen LogP contribution in [-0.4, -0.2) is 19.8 Å². The van der Waals surface area contributed by atoms with Crippen LogP contribution < -0.4 is 10.5 Å². The van der Waals surface area contributed by atoms with Gasteiger partial charge < -0.3 is 15.2 Å². The lowest BCUT2D eigenvalue weighted by molar-refractivity contribution is 0.150. The minimum Gasteiger partial charge on any atom is -0.496 e. The Kier molecular flexibility index (Phi) is 4.88. The summed E-state index contributed by atoms with van der Waals surface area (Å²) < 4.78 is 35.0. The maximum absolute atomic E-state index is 12.7. The van der Waals surface area contributed by atoms with E-state index < -0.39 is 12.5 Å². The van der Waals surface area contributed by atoms with Crippen LogP contribution in [0.4, 0.5) is 13.6 Å². The van der Waals surface area contributed by atoms with Crippen LogP contribution in [0.5, 0.6) is 5.75 Å². The van der Waals surface area contributed by atoms with Crippen molar-refractivity contribution in [1.82, 2.24) is 0 Å². The first-order chi connectivity index (χ1) is 8.45. The van der Waals surface area contributed by atoms with Crippen molar-refractivity contribution >= 4 is 6.09 Å². The number of hydrogen-bond donors (Lipinski definition) is 1. The molecule has 0 heterocycles. The molecule has 6 heteroatoms. The van der Waals surface area contributed by atoms with E-state index in [9.17, 15) is 13.6 Å². The average Bonchev–Trinajstić information content (AvgIpc) is 2.28. The van der Waals surface area contributed by atoms with Crippen LogP contribution in [0.25, 0.3) is 0 Å². The van der Waals surface area contributed by atoms with Gasteiger partial charge in [0.2, 0.25) is 0 Å². The number of hydrogen-bond acceptors (Lipinski definition) is 3. The van der Waals surface area contributed by atoms with Crippen molar-refractivity contribution in [2.24, 2.45) is 5.73 Å². The van der Waals surface area contributed by atoms with Crippen molar-refractivity contribution < 1.29 is 23.0 Å². The van der Waals surface area contributed by atoms with Gasteiger partial charge in [-0.05, 0) is 24.1 Å². The van der Waals surface area contributed by atoms with E-state index in [-0.39, 0.29) is 12.2 Å². The molecule has 0 saturated carbocycles. The fourth-order valence-electron chi connectivity index (χ4n) is 1.65. The van der Waals surface area contributed by atoms with Crippen LogP contribution in [-0.2, 0) is 11.2 Å². The van der Waals surface area contributed by atoms with E-state index >= 15 is 0 Å². The van der Waals surface area contributed by atoms with Crippen LogP contribution in [0, 0.1) is 6.92 Å². The van der Waals surface area contributed by atoms with Gasteiger partial charge in [-0.2, -0.15) is 0 Å². The number of nitrogens with two attached hydrogens (primary N) is 1. The summed E-state index contributed by atoms with van der Waals surface area (Å²) in [6, 6.07) is 2.91. The molecule has 2 N–H and O–H groups in total. The molecule has 0 aliphatic heterocycles. The summed E-state index contributed by atoms with van der Waals surface area (Å²) in [5.74, 6) is 0.351. The molecular weight excluding hydrogens is 244 g/mol. The lowest BCUT2D eigenvalue weighted by Gasteiger charge is -2.13. The van der Waals surface area contributed by atoms with Gasteiger partial charge >= 0.3 is 6.09 Å². The number of aryl methyl sites for hydroxylation is 1. The topological polar surface area (TPSA) is 61.6 Å². The SMILES string of the molecule is COc1cc(C(F)F)c(C)cc1CCOC(N)=O. The van der Waals surface area contributed by atoms with Crippen LogP contribution in [0.15, 0.2) is 12.1 Å². The van der Waals surface area contributed by atoms with E-state index in [0.29, 0.717) is 23.3 Å². The Balaban J connectivity index is 2.90. The molecule has 0 aliphatic carbocycles. The number of methoxy groups -OCH3 is 1. The Bertz CT molecular complexity index is 436. The monoisotopic (exact) mass is 259 g/mol. The molecule has 0 radical (unpaired) electrons. The Labute approximate surface area is 104 Å². The Morgan fingerprint density at radius 3 is 2.61 bits per heavy atom. The van der Waals surface area contributed by atoms with E-state index in [1.807, 2.05) is 0 Å². The third-order valence-corrected chi connectivity index (χ3v) is 2.52. The minimum absolute atomic E-state index is 0.0635. The lowest BCUT2D eigenvalue weighted by Crippen LogP contribution is -2.15. The molecule has 0 saturated heterocycles. The zero-order valence-corrected chi connectivity index (χ0v) is 10.2. The molecule has 0 bridgehead atoms. The summed E-state index contributed by atoms with van der Waals surface area (Å²) in [4.78, 5) is 10.4. The standard InChI is InChI=1S/C12H15F2NO3/c1-7-5-8(3-4-18-12(15)16)10(17-2)6-9(7)11(13)14/h5-6,11H,3-4H2,1-2H3,(H2,15,16). The predicted octanol–water partition coefficient (Wildman–Crippen LogP) is 2.58. The molecule has 4 nitrogen and oxygen atoms in total.